The zero-order valence-corrected chi connectivity index (χ0v) is 17.4. The molecule has 3 rings (SSSR count). The van der Waals surface area contributed by atoms with Gasteiger partial charge in [-0.3, -0.25) is 14.5 Å². The molecule has 0 spiro atoms. The molecule has 1 saturated heterocycles. The van der Waals surface area contributed by atoms with Crippen LogP contribution in [-0.4, -0.2) is 68.2 Å². The van der Waals surface area contributed by atoms with Crippen molar-refractivity contribution in [2.45, 2.75) is 19.8 Å². The lowest BCUT2D eigenvalue weighted by Crippen LogP contribution is -2.43. The van der Waals surface area contributed by atoms with Crippen LogP contribution in [0.15, 0.2) is 18.2 Å². The normalized spacial score (nSPS) is 16.8. The Balaban J connectivity index is 1.79. The lowest BCUT2D eigenvalue weighted by molar-refractivity contribution is -0.150. The highest BCUT2D eigenvalue weighted by molar-refractivity contribution is 6.13. The summed E-state index contributed by atoms with van der Waals surface area (Å²) in [6, 6.07) is 5.32. The van der Waals surface area contributed by atoms with Gasteiger partial charge in [0.1, 0.15) is 11.4 Å². The number of fused-ring (bicyclic) bond motifs is 1. The monoisotopic (exact) mass is 417 g/mol. The van der Waals surface area contributed by atoms with Gasteiger partial charge in [0.05, 0.1) is 49.9 Å². The van der Waals surface area contributed by atoms with E-state index < -0.39 is 5.97 Å². The minimum Gasteiger partial charge on any atom is -0.496 e. The Morgan fingerprint density at radius 1 is 1.27 bits per heavy atom. The number of rotatable bonds is 7. The highest BCUT2D eigenvalue weighted by Crippen LogP contribution is 2.35. The van der Waals surface area contributed by atoms with Crippen molar-refractivity contribution in [3.63, 3.8) is 0 Å². The van der Waals surface area contributed by atoms with Gasteiger partial charge in [-0.25, -0.2) is 4.79 Å². The number of nitrogens with zero attached hydrogens (tertiary/aromatic N) is 1. The standard InChI is InChI=1S/C21H27N3O6/c1-4-30-20(26)13-7-6-10-24(11-13)12-16(25)23-18-17-14(8-5-9-15(17)28-2)22-19(18)21(27)29-3/h5,8-9,13,22H,4,6-7,10-12H2,1-3H3,(H,23,25)/t13-/m1/s1. The molecule has 162 valence electrons. The minimum atomic E-state index is -0.594. The fourth-order valence-corrected chi connectivity index (χ4v) is 3.80. The van der Waals surface area contributed by atoms with Crippen LogP contribution in [0.1, 0.15) is 30.3 Å². The molecule has 9 nitrogen and oxygen atoms in total. The number of nitrogens with one attached hydrogen (secondary N) is 2. The van der Waals surface area contributed by atoms with E-state index >= 15 is 0 Å². The first-order valence-electron chi connectivity index (χ1n) is 9.94. The van der Waals surface area contributed by atoms with Crippen molar-refractivity contribution in [1.29, 1.82) is 0 Å². The summed E-state index contributed by atoms with van der Waals surface area (Å²) >= 11 is 0. The Bertz CT molecular complexity index is 938. The molecule has 0 aliphatic carbocycles. The molecule has 2 heterocycles. The maximum Gasteiger partial charge on any atom is 0.356 e. The molecule has 1 aromatic carbocycles. The number of aromatic amines is 1. The van der Waals surface area contributed by atoms with Crippen LogP contribution in [0.4, 0.5) is 5.69 Å². The number of amides is 1. The molecular formula is C21H27N3O6. The summed E-state index contributed by atoms with van der Waals surface area (Å²) in [6.45, 7) is 3.39. The van der Waals surface area contributed by atoms with Crippen LogP contribution in [0.2, 0.25) is 0 Å². The van der Waals surface area contributed by atoms with Gasteiger partial charge in [0.15, 0.2) is 0 Å². The van der Waals surface area contributed by atoms with Crippen LogP contribution in [0, 0.1) is 5.92 Å². The van der Waals surface area contributed by atoms with Gasteiger partial charge in [-0.1, -0.05) is 6.07 Å². The first-order valence-corrected chi connectivity index (χ1v) is 9.94. The molecule has 9 heteroatoms. The molecule has 1 atom stereocenters. The van der Waals surface area contributed by atoms with Gasteiger partial charge < -0.3 is 24.5 Å². The van der Waals surface area contributed by atoms with Crippen LogP contribution >= 0.6 is 0 Å². The summed E-state index contributed by atoms with van der Waals surface area (Å²) in [6.07, 6.45) is 1.56. The topological polar surface area (TPSA) is 110 Å². The largest absolute Gasteiger partial charge is 0.496 e. The average molecular weight is 417 g/mol. The number of piperidine rings is 1. The van der Waals surface area contributed by atoms with Gasteiger partial charge in [-0.15, -0.1) is 0 Å². The van der Waals surface area contributed by atoms with Gasteiger partial charge in [0, 0.05) is 6.54 Å². The first-order chi connectivity index (χ1) is 14.5. The highest BCUT2D eigenvalue weighted by Gasteiger charge is 2.29. The number of likely N-dealkylation sites (tertiary alicyclic amines) is 1. The predicted octanol–water partition coefficient (Wildman–Crippen LogP) is 2.18. The lowest BCUT2D eigenvalue weighted by atomic mass is 9.98. The molecule has 0 bridgehead atoms. The third-order valence-corrected chi connectivity index (χ3v) is 5.15. The Morgan fingerprint density at radius 2 is 2.07 bits per heavy atom. The smallest absolute Gasteiger partial charge is 0.356 e. The zero-order valence-electron chi connectivity index (χ0n) is 17.4. The van der Waals surface area contributed by atoms with Crippen LogP contribution < -0.4 is 10.1 Å². The van der Waals surface area contributed by atoms with Crippen LogP contribution in [0.25, 0.3) is 10.9 Å². The van der Waals surface area contributed by atoms with E-state index in [4.69, 9.17) is 14.2 Å². The second-order valence-corrected chi connectivity index (χ2v) is 7.12. The number of hydrogen-bond donors (Lipinski definition) is 2. The number of H-pyrrole nitrogens is 1. The van der Waals surface area contributed by atoms with Gasteiger partial charge in [0.25, 0.3) is 0 Å². The fraction of sp³-hybridized carbons (Fsp3) is 0.476. The van der Waals surface area contributed by atoms with Crippen LogP contribution in [0.3, 0.4) is 0 Å². The Hall–Kier alpha value is -3.07. The number of methoxy groups -OCH3 is 2. The van der Waals surface area contributed by atoms with Crippen molar-refractivity contribution in [1.82, 2.24) is 9.88 Å². The third kappa shape index (κ3) is 4.56. The minimum absolute atomic E-state index is 0.0956. The first kappa shape index (κ1) is 21.6. The van der Waals surface area contributed by atoms with Crippen molar-refractivity contribution in [3.05, 3.63) is 23.9 Å². The van der Waals surface area contributed by atoms with E-state index in [1.165, 1.54) is 14.2 Å². The molecule has 1 aliphatic rings. The summed E-state index contributed by atoms with van der Waals surface area (Å²) in [7, 11) is 2.80. The number of aromatic nitrogens is 1. The van der Waals surface area contributed by atoms with Gasteiger partial charge >= 0.3 is 11.9 Å². The quantitative estimate of drug-likeness (QED) is 0.665. The third-order valence-electron chi connectivity index (χ3n) is 5.15. The SMILES string of the molecule is CCOC(=O)[C@@H]1CCCN(CC(=O)Nc2c(C(=O)OC)[nH]c3cccc(OC)c23)C1. The van der Waals surface area contributed by atoms with E-state index in [0.717, 1.165) is 12.8 Å². The van der Waals surface area contributed by atoms with E-state index in [2.05, 4.69) is 10.3 Å². The van der Waals surface area contributed by atoms with E-state index in [0.29, 0.717) is 42.0 Å². The molecule has 1 amide bonds. The lowest BCUT2D eigenvalue weighted by Gasteiger charge is -2.30. The predicted molar refractivity (Wildman–Crippen MR) is 111 cm³/mol. The van der Waals surface area contributed by atoms with Crippen molar-refractivity contribution in [2.75, 3.05) is 45.8 Å². The summed E-state index contributed by atoms with van der Waals surface area (Å²) in [5.74, 6) is -0.822. The molecular weight excluding hydrogens is 390 g/mol. The molecule has 0 radical (unpaired) electrons. The maximum atomic E-state index is 12.8. The summed E-state index contributed by atoms with van der Waals surface area (Å²) < 4.78 is 15.4. The number of esters is 2. The summed E-state index contributed by atoms with van der Waals surface area (Å²) in [5, 5.41) is 3.43. The molecule has 1 aliphatic heterocycles. The zero-order chi connectivity index (χ0) is 21.7. The van der Waals surface area contributed by atoms with Crippen molar-refractivity contribution >= 4 is 34.4 Å². The number of hydrogen-bond acceptors (Lipinski definition) is 7. The second-order valence-electron chi connectivity index (χ2n) is 7.12. The number of carbonyl (C=O) groups is 3. The number of ether oxygens (including phenoxy) is 3. The molecule has 0 unspecified atom stereocenters. The van der Waals surface area contributed by atoms with Gasteiger partial charge in [0.2, 0.25) is 5.91 Å². The Kier molecular flexibility index (Phi) is 6.94. The van der Waals surface area contributed by atoms with Crippen molar-refractivity contribution in [2.24, 2.45) is 5.92 Å². The second kappa shape index (κ2) is 9.62. The van der Waals surface area contributed by atoms with E-state index in [1.807, 2.05) is 4.90 Å². The van der Waals surface area contributed by atoms with Gasteiger partial charge in [-0.2, -0.15) is 0 Å². The van der Waals surface area contributed by atoms with Crippen molar-refractivity contribution < 1.29 is 28.6 Å². The fourth-order valence-electron chi connectivity index (χ4n) is 3.80. The van der Waals surface area contributed by atoms with Crippen molar-refractivity contribution in [3.8, 4) is 5.75 Å². The van der Waals surface area contributed by atoms with Gasteiger partial charge in [-0.05, 0) is 38.4 Å². The molecule has 2 aromatic rings. The molecule has 1 fully saturated rings. The number of carbonyl (C=O) groups excluding carboxylic acids is 3. The summed E-state index contributed by atoms with van der Waals surface area (Å²) in [5.41, 5.74) is 1.11. The van der Waals surface area contributed by atoms with E-state index in [-0.39, 0.29) is 30.0 Å². The molecule has 0 saturated carbocycles. The summed E-state index contributed by atoms with van der Waals surface area (Å²) in [4.78, 5) is 42.0. The number of anilines is 1. The van der Waals surface area contributed by atoms with E-state index in [9.17, 15) is 14.4 Å². The average Bonchev–Trinajstić information content (AvgIpc) is 3.12. The molecule has 1 aromatic heterocycles. The van der Waals surface area contributed by atoms with Crippen LogP contribution in [-0.2, 0) is 19.1 Å². The highest BCUT2D eigenvalue weighted by atomic mass is 16.5. The Labute approximate surface area is 174 Å². The Morgan fingerprint density at radius 3 is 2.77 bits per heavy atom. The van der Waals surface area contributed by atoms with Crippen LogP contribution in [0.5, 0.6) is 5.75 Å². The maximum absolute atomic E-state index is 12.8. The molecule has 30 heavy (non-hydrogen) atoms. The van der Waals surface area contributed by atoms with E-state index in [1.54, 1.807) is 25.1 Å². The molecule has 2 N–H and O–H groups in total. The number of benzene rings is 1.